The molecule has 3 fully saturated rings. The summed E-state index contributed by atoms with van der Waals surface area (Å²) in [5.41, 5.74) is 0. The highest BCUT2D eigenvalue weighted by atomic mass is 15.0. The molecule has 0 heterocycles. The van der Waals surface area contributed by atoms with E-state index in [0.717, 1.165) is 29.8 Å². The third-order valence-corrected chi connectivity index (χ3v) is 6.40. The Kier molecular flexibility index (Phi) is 4.84. The minimum absolute atomic E-state index is 0.769. The van der Waals surface area contributed by atoms with E-state index in [0.29, 0.717) is 0 Å². The third kappa shape index (κ3) is 3.54. The molecule has 0 aromatic rings. The van der Waals surface area contributed by atoms with Crippen LogP contribution in [0.4, 0.5) is 0 Å². The Morgan fingerprint density at radius 3 is 2.21 bits per heavy atom. The Hall–Kier alpha value is -0.0400. The molecule has 0 aromatic carbocycles. The second kappa shape index (κ2) is 6.61. The fraction of sp³-hybridized carbons (Fsp3) is 1.00. The predicted octanol–water partition coefficient (Wildman–Crippen LogP) is 4.90. The quantitative estimate of drug-likeness (QED) is 0.763. The molecule has 0 amide bonds. The fourth-order valence-corrected chi connectivity index (χ4v) is 5.17. The summed E-state index contributed by atoms with van der Waals surface area (Å²) in [6.07, 6.45) is 17.9. The first-order chi connectivity index (χ1) is 9.33. The highest BCUT2D eigenvalue weighted by Crippen LogP contribution is 2.40. The van der Waals surface area contributed by atoms with Crippen LogP contribution in [0.2, 0.25) is 0 Å². The molecule has 3 rings (SSSR count). The Balaban J connectivity index is 1.47. The SMILES string of the molecule is C[C@@H](NC1CCC2CCCCC2C1)C1CCCCC1. The van der Waals surface area contributed by atoms with Gasteiger partial charge in [0.25, 0.3) is 0 Å². The Morgan fingerprint density at radius 1 is 0.737 bits per heavy atom. The van der Waals surface area contributed by atoms with Crippen molar-refractivity contribution >= 4 is 0 Å². The molecular formula is C18H33N. The Bertz CT molecular complexity index is 269. The smallest absolute Gasteiger partial charge is 0.00724 e. The highest BCUT2D eigenvalue weighted by Gasteiger charge is 2.33. The van der Waals surface area contributed by atoms with Gasteiger partial charge in [0.2, 0.25) is 0 Å². The molecule has 19 heavy (non-hydrogen) atoms. The molecule has 0 saturated heterocycles. The number of hydrogen-bond donors (Lipinski definition) is 1. The van der Waals surface area contributed by atoms with E-state index in [1.807, 2.05) is 0 Å². The first kappa shape index (κ1) is 13.9. The lowest BCUT2D eigenvalue weighted by atomic mass is 9.69. The van der Waals surface area contributed by atoms with Crippen LogP contribution in [0.5, 0.6) is 0 Å². The van der Waals surface area contributed by atoms with E-state index in [4.69, 9.17) is 0 Å². The lowest BCUT2D eigenvalue weighted by Gasteiger charge is -2.41. The largest absolute Gasteiger partial charge is 0.311 e. The standard InChI is InChI=1S/C18H33N/c1-14(15-7-3-2-4-8-15)19-18-12-11-16-9-5-6-10-17(16)13-18/h14-19H,2-13H2,1H3/t14-,16?,17?,18?/m1/s1. The van der Waals surface area contributed by atoms with Crippen molar-refractivity contribution in [3.63, 3.8) is 0 Å². The minimum Gasteiger partial charge on any atom is -0.311 e. The van der Waals surface area contributed by atoms with Gasteiger partial charge in [-0.25, -0.2) is 0 Å². The molecule has 3 saturated carbocycles. The van der Waals surface area contributed by atoms with Gasteiger partial charge in [0.15, 0.2) is 0 Å². The van der Waals surface area contributed by atoms with Crippen LogP contribution in [0.1, 0.15) is 84.0 Å². The van der Waals surface area contributed by atoms with Crippen LogP contribution < -0.4 is 5.32 Å². The topological polar surface area (TPSA) is 12.0 Å². The number of rotatable bonds is 3. The van der Waals surface area contributed by atoms with Crippen LogP contribution >= 0.6 is 0 Å². The van der Waals surface area contributed by atoms with Crippen molar-refractivity contribution in [3.05, 3.63) is 0 Å². The monoisotopic (exact) mass is 263 g/mol. The molecule has 0 spiro atoms. The van der Waals surface area contributed by atoms with Gasteiger partial charge in [-0.15, -0.1) is 0 Å². The minimum atomic E-state index is 0.769. The van der Waals surface area contributed by atoms with Crippen LogP contribution in [0.15, 0.2) is 0 Å². The molecule has 1 N–H and O–H groups in total. The molecule has 110 valence electrons. The fourth-order valence-electron chi connectivity index (χ4n) is 5.17. The van der Waals surface area contributed by atoms with E-state index in [9.17, 15) is 0 Å². The molecule has 0 bridgehead atoms. The molecule has 4 atom stereocenters. The molecule has 0 radical (unpaired) electrons. The van der Waals surface area contributed by atoms with E-state index in [1.54, 1.807) is 0 Å². The van der Waals surface area contributed by atoms with Gasteiger partial charge in [-0.1, -0.05) is 44.9 Å². The molecule has 3 aliphatic rings. The second-order valence-electron chi connectivity index (χ2n) is 7.67. The van der Waals surface area contributed by atoms with Gasteiger partial charge in [-0.05, 0) is 56.8 Å². The average molecular weight is 263 g/mol. The van der Waals surface area contributed by atoms with E-state index in [1.165, 1.54) is 77.0 Å². The van der Waals surface area contributed by atoms with Gasteiger partial charge in [0, 0.05) is 12.1 Å². The van der Waals surface area contributed by atoms with E-state index in [2.05, 4.69) is 12.2 Å². The molecule has 0 aliphatic heterocycles. The zero-order valence-corrected chi connectivity index (χ0v) is 12.9. The summed E-state index contributed by atoms with van der Waals surface area (Å²) in [5, 5.41) is 4.02. The molecule has 0 aromatic heterocycles. The van der Waals surface area contributed by atoms with Crippen molar-refractivity contribution in [1.82, 2.24) is 5.32 Å². The maximum Gasteiger partial charge on any atom is 0.00724 e. The maximum atomic E-state index is 4.02. The van der Waals surface area contributed by atoms with Gasteiger partial charge in [-0.3, -0.25) is 0 Å². The van der Waals surface area contributed by atoms with E-state index in [-0.39, 0.29) is 0 Å². The van der Waals surface area contributed by atoms with E-state index >= 15 is 0 Å². The van der Waals surface area contributed by atoms with Crippen molar-refractivity contribution in [2.75, 3.05) is 0 Å². The molecule has 3 aliphatic carbocycles. The summed E-state index contributed by atoms with van der Waals surface area (Å²) in [7, 11) is 0. The molecule has 1 heteroatoms. The van der Waals surface area contributed by atoms with Crippen molar-refractivity contribution in [3.8, 4) is 0 Å². The van der Waals surface area contributed by atoms with Crippen molar-refractivity contribution in [1.29, 1.82) is 0 Å². The zero-order chi connectivity index (χ0) is 13.1. The van der Waals surface area contributed by atoms with E-state index < -0.39 is 0 Å². The summed E-state index contributed by atoms with van der Waals surface area (Å²) in [6.45, 7) is 2.46. The lowest BCUT2D eigenvalue weighted by Crippen LogP contribution is -2.45. The van der Waals surface area contributed by atoms with Crippen LogP contribution in [-0.4, -0.2) is 12.1 Å². The van der Waals surface area contributed by atoms with Crippen LogP contribution in [0, 0.1) is 17.8 Å². The summed E-state index contributed by atoms with van der Waals surface area (Å²) in [4.78, 5) is 0. The Morgan fingerprint density at radius 2 is 1.42 bits per heavy atom. The lowest BCUT2D eigenvalue weighted by molar-refractivity contribution is 0.131. The van der Waals surface area contributed by atoms with Crippen LogP contribution in [0.3, 0.4) is 0 Å². The summed E-state index contributed by atoms with van der Waals surface area (Å²) < 4.78 is 0. The van der Waals surface area contributed by atoms with Crippen molar-refractivity contribution in [2.45, 2.75) is 96.1 Å². The third-order valence-electron chi connectivity index (χ3n) is 6.40. The summed E-state index contributed by atoms with van der Waals surface area (Å²) in [6, 6.07) is 1.61. The molecule has 1 nitrogen and oxygen atoms in total. The normalized spacial score (nSPS) is 38.7. The first-order valence-electron chi connectivity index (χ1n) is 9.09. The van der Waals surface area contributed by atoms with Crippen LogP contribution in [0.25, 0.3) is 0 Å². The molecular weight excluding hydrogens is 230 g/mol. The highest BCUT2D eigenvalue weighted by molar-refractivity contribution is 4.88. The summed E-state index contributed by atoms with van der Waals surface area (Å²) >= 11 is 0. The van der Waals surface area contributed by atoms with Gasteiger partial charge in [0.1, 0.15) is 0 Å². The average Bonchev–Trinajstić information content (AvgIpc) is 2.48. The van der Waals surface area contributed by atoms with Crippen LogP contribution in [-0.2, 0) is 0 Å². The molecule has 3 unspecified atom stereocenters. The number of fused-ring (bicyclic) bond motifs is 1. The van der Waals surface area contributed by atoms with Gasteiger partial charge >= 0.3 is 0 Å². The predicted molar refractivity (Wildman–Crippen MR) is 82.3 cm³/mol. The first-order valence-corrected chi connectivity index (χ1v) is 9.09. The Labute approximate surface area is 119 Å². The number of nitrogens with one attached hydrogen (secondary N) is 1. The number of hydrogen-bond acceptors (Lipinski definition) is 1. The second-order valence-corrected chi connectivity index (χ2v) is 7.67. The van der Waals surface area contributed by atoms with Gasteiger partial charge in [-0.2, -0.15) is 0 Å². The van der Waals surface area contributed by atoms with Crippen molar-refractivity contribution < 1.29 is 0 Å². The summed E-state index contributed by atoms with van der Waals surface area (Å²) in [5.74, 6) is 3.13. The van der Waals surface area contributed by atoms with Gasteiger partial charge in [0.05, 0.1) is 0 Å². The maximum absolute atomic E-state index is 4.02. The zero-order valence-electron chi connectivity index (χ0n) is 12.9. The van der Waals surface area contributed by atoms with Crippen molar-refractivity contribution in [2.24, 2.45) is 17.8 Å². The van der Waals surface area contributed by atoms with Gasteiger partial charge < -0.3 is 5.32 Å².